The van der Waals surface area contributed by atoms with Crippen molar-refractivity contribution in [2.24, 2.45) is 0 Å². The molecular weight excluding hydrogens is 448 g/mol. The van der Waals surface area contributed by atoms with Gasteiger partial charge in [-0.2, -0.15) is 0 Å². The fraction of sp³-hybridized carbons (Fsp3) is 0.500. The summed E-state index contributed by atoms with van der Waals surface area (Å²) in [7, 11) is 0. The summed E-state index contributed by atoms with van der Waals surface area (Å²) in [6.07, 6.45) is 0. The molecule has 0 unspecified atom stereocenters. The average molecular weight is 477 g/mol. The van der Waals surface area contributed by atoms with E-state index in [0.717, 1.165) is 48.0 Å². The molecule has 0 bridgehead atoms. The summed E-state index contributed by atoms with van der Waals surface area (Å²) < 4.78 is 1.73. The Morgan fingerprint density at radius 3 is 2.61 bits per heavy atom. The van der Waals surface area contributed by atoms with E-state index in [4.69, 9.17) is 4.98 Å². The number of carbonyl (C=O) groups excluding carboxylic acids is 1. The van der Waals surface area contributed by atoms with Gasteiger partial charge in [0.25, 0.3) is 5.56 Å². The number of carbonyl (C=O) groups is 1. The highest BCUT2D eigenvalue weighted by Gasteiger charge is 2.23. The molecule has 0 atom stereocenters. The Morgan fingerprint density at radius 1 is 1.23 bits per heavy atom. The van der Waals surface area contributed by atoms with E-state index in [2.05, 4.69) is 22.4 Å². The summed E-state index contributed by atoms with van der Waals surface area (Å²) in [5.41, 5.74) is 1.01. The number of rotatable bonds is 6. The highest BCUT2D eigenvalue weighted by molar-refractivity contribution is 7.99. The zero-order valence-electron chi connectivity index (χ0n) is 18.4. The molecule has 1 aliphatic rings. The zero-order valence-corrected chi connectivity index (χ0v) is 20.8. The number of amides is 1. The third-order valence-electron chi connectivity index (χ3n) is 5.73. The summed E-state index contributed by atoms with van der Waals surface area (Å²) in [6, 6.07) is 4.23. The van der Waals surface area contributed by atoms with E-state index in [0.29, 0.717) is 16.3 Å². The molecule has 1 fully saturated rings. The van der Waals surface area contributed by atoms with Gasteiger partial charge in [0.2, 0.25) is 5.91 Å². The second kappa shape index (κ2) is 9.44. The fourth-order valence-corrected chi connectivity index (χ4v) is 6.69. The molecule has 166 valence electrons. The van der Waals surface area contributed by atoms with Crippen LogP contribution in [0.5, 0.6) is 0 Å². The first-order valence-electron chi connectivity index (χ1n) is 10.5. The molecule has 0 aromatic carbocycles. The molecule has 0 N–H and O–H groups in total. The van der Waals surface area contributed by atoms with Gasteiger partial charge < -0.3 is 4.90 Å². The SMILES string of the molecule is Cc1sc2nc(SCC(=O)N3CCN(Cc4cccs4)CC3)n(C(C)C)c(=O)c2c1C. The van der Waals surface area contributed by atoms with Crippen LogP contribution >= 0.6 is 34.4 Å². The molecule has 0 saturated carbocycles. The third-order valence-corrected chi connectivity index (χ3v) is 8.63. The number of thiophene rings is 2. The summed E-state index contributed by atoms with van der Waals surface area (Å²) in [5.74, 6) is 0.419. The maximum atomic E-state index is 13.2. The van der Waals surface area contributed by atoms with Crippen LogP contribution in [0.4, 0.5) is 0 Å². The molecule has 0 radical (unpaired) electrons. The van der Waals surface area contributed by atoms with Gasteiger partial charge in [0.15, 0.2) is 5.16 Å². The Morgan fingerprint density at radius 2 is 1.97 bits per heavy atom. The van der Waals surface area contributed by atoms with Gasteiger partial charge in [-0.15, -0.1) is 22.7 Å². The second-order valence-corrected chi connectivity index (χ2v) is 11.3. The Balaban J connectivity index is 1.42. The van der Waals surface area contributed by atoms with Gasteiger partial charge in [0, 0.05) is 48.5 Å². The van der Waals surface area contributed by atoms with E-state index in [1.807, 2.05) is 32.6 Å². The lowest BCUT2D eigenvalue weighted by atomic mass is 10.2. The fourth-order valence-electron chi connectivity index (χ4n) is 3.84. The number of nitrogens with zero attached hydrogens (tertiary/aromatic N) is 4. The Hall–Kier alpha value is -1.68. The smallest absolute Gasteiger partial charge is 0.263 e. The largest absolute Gasteiger partial charge is 0.339 e. The predicted molar refractivity (Wildman–Crippen MR) is 131 cm³/mol. The van der Waals surface area contributed by atoms with Crippen molar-refractivity contribution < 1.29 is 4.79 Å². The van der Waals surface area contributed by atoms with Crippen molar-refractivity contribution in [1.82, 2.24) is 19.4 Å². The number of piperazine rings is 1. The monoisotopic (exact) mass is 476 g/mol. The standard InChI is InChI=1S/C22H28N4O2S3/c1-14(2)26-21(28)19-15(3)16(4)31-20(19)23-22(26)30-13-18(27)25-9-7-24(8-10-25)12-17-6-5-11-29-17/h5-6,11,14H,7-10,12-13H2,1-4H3. The van der Waals surface area contributed by atoms with Crippen molar-refractivity contribution in [2.75, 3.05) is 31.9 Å². The average Bonchev–Trinajstić information content (AvgIpc) is 3.34. The Kier molecular flexibility index (Phi) is 6.86. The number of fused-ring (bicyclic) bond motifs is 1. The number of thioether (sulfide) groups is 1. The maximum Gasteiger partial charge on any atom is 0.263 e. The minimum absolute atomic E-state index is 0.000935. The van der Waals surface area contributed by atoms with Crippen molar-refractivity contribution in [3.05, 3.63) is 43.2 Å². The first kappa shape index (κ1) is 22.5. The Labute approximate surface area is 194 Å². The molecule has 0 spiro atoms. The van der Waals surface area contributed by atoms with E-state index >= 15 is 0 Å². The van der Waals surface area contributed by atoms with Crippen molar-refractivity contribution in [3.8, 4) is 0 Å². The summed E-state index contributed by atoms with van der Waals surface area (Å²) in [5, 5.41) is 3.46. The van der Waals surface area contributed by atoms with Crippen LogP contribution in [-0.2, 0) is 11.3 Å². The summed E-state index contributed by atoms with van der Waals surface area (Å²) >= 11 is 4.71. The van der Waals surface area contributed by atoms with Gasteiger partial charge in [-0.25, -0.2) is 4.98 Å². The highest BCUT2D eigenvalue weighted by Crippen LogP contribution is 2.29. The van der Waals surface area contributed by atoms with Crippen LogP contribution in [0.3, 0.4) is 0 Å². The molecule has 3 aromatic rings. The second-order valence-electron chi connectivity index (χ2n) is 8.15. The van der Waals surface area contributed by atoms with E-state index in [-0.39, 0.29) is 17.5 Å². The molecule has 1 aliphatic heterocycles. The predicted octanol–water partition coefficient (Wildman–Crippen LogP) is 4.15. The summed E-state index contributed by atoms with van der Waals surface area (Å²) in [6.45, 7) is 12.2. The van der Waals surface area contributed by atoms with Crippen molar-refractivity contribution >= 4 is 50.6 Å². The van der Waals surface area contributed by atoms with Crippen LogP contribution in [0.25, 0.3) is 10.2 Å². The van der Waals surface area contributed by atoms with Crippen molar-refractivity contribution in [3.63, 3.8) is 0 Å². The van der Waals surface area contributed by atoms with E-state index in [1.165, 1.54) is 16.6 Å². The first-order valence-corrected chi connectivity index (χ1v) is 13.2. The summed E-state index contributed by atoms with van der Waals surface area (Å²) in [4.78, 5) is 38.4. The molecule has 31 heavy (non-hydrogen) atoms. The van der Waals surface area contributed by atoms with Gasteiger partial charge >= 0.3 is 0 Å². The number of hydrogen-bond acceptors (Lipinski definition) is 7. The van der Waals surface area contributed by atoms with E-state index < -0.39 is 0 Å². The van der Waals surface area contributed by atoms with Gasteiger partial charge in [-0.3, -0.25) is 19.1 Å². The minimum atomic E-state index is -0.0117. The molecule has 9 heteroatoms. The minimum Gasteiger partial charge on any atom is -0.339 e. The van der Waals surface area contributed by atoms with Crippen LogP contribution in [0.1, 0.15) is 35.2 Å². The van der Waals surface area contributed by atoms with Crippen LogP contribution in [0, 0.1) is 13.8 Å². The molecule has 4 rings (SSSR count). The van der Waals surface area contributed by atoms with Gasteiger partial charge in [-0.1, -0.05) is 17.8 Å². The quantitative estimate of drug-likeness (QED) is 0.395. The maximum absolute atomic E-state index is 13.2. The Bertz CT molecular complexity index is 1130. The lowest BCUT2D eigenvalue weighted by molar-refractivity contribution is -0.130. The van der Waals surface area contributed by atoms with Crippen LogP contribution in [-0.4, -0.2) is 57.2 Å². The highest BCUT2D eigenvalue weighted by atomic mass is 32.2. The normalized spacial score (nSPS) is 15.3. The first-order chi connectivity index (χ1) is 14.8. The topological polar surface area (TPSA) is 58.4 Å². The van der Waals surface area contributed by atoms with Crippen molar-refractivity contribution in [2.45, 2.75) is 45.4 Å². The lowest BCUT2D eigenvalue weighted by Gasteiger charge is -2.34. The molecule has 6 nitrogen and oxygen atoms in total. The lowest BCUT2D eigenvalue weighted by Crippen LogP contribution is -2.48. The molecular formula is C22H28N4O2S3. The van der Waals surface area contributed by atoms with Gasteiger partial charge in [0.1, 0.15) is 4.83 Å². The molecule has 1 amide bonds. The van der Waals surface area contributed by atoms with Crippen LogP contribution in [0.2, 0.25) is 0 Å². The molecule has 3 aromatic heterocycles. The molecule has 4 heterocycles. The van der Waals surface area contributed by atoms with Crippen LogP contribution < -0.4 is 5.56 Å². The number of aryl methyl sites for hydroxylation is 2. The van der Waals surface area contributed by atoms with Crippen molar-refractivity contribution in [1.29, 1.82) is 0 Å². The number of aromatic nitrogens is 2. The molecule has 0 aliphatic carbocycles. The third kappa shape index (κ3) is 4.74. The van der Waals surface area contributed by atoms with Crippen LogP contribution in [0.15, 0.2) is 27.5 Å². The van der Waals surface area contributed by atoms with E-state index in [9.17, 15) is 9.59 Å². The van der Waals surface area contributed by atoms with Gasteiger partial charge in [0.05, 0.1) is 11.1 Å². The molecule has 1 saturated heterocycles. The van der Waals surface area contributed by atoms with E-state index in [1.54, 1.807) is 27.2 Å². The number of hydrogen-bond donors (Lipinski definition) is 0. The zero-order chi connectivity index (χ0) is 22.1. The van der Waals surface area contributed by atoms with Gasteiger partial charge in [-0.05, 0) is 44.7 Å².